The summed E-state index contributed by atoms with van der Waals surface area (Å²) in [5.74, 6) is 2.03. The molecule has 0 saturated heterocycles. The van der Waals surface area contributed by atoms with Gasteiger partial charge >= 0.3 is 5.97 Å². The van der Waals surface area contributed by atoms with Crippen LogP contribution in [0.15, 0.2) is 69.7 Å². The molecule has 0 spiro atoms. The number of hydrogen-bond acceptors (Lipinski definition) is 8. The molecule has 8 nitrogen and oxygen atoms in total. The van der Waals surface area contributed by atoms with Crippen LogP contribution in [0, 0.1) is 6.92 Å². The summed E-state index contributed by atoms with van der Waals surface area (Å²) in [5, 5.41) is 0.483. The molecule has 0 saturated carbocycles. The topological polar surface area (TPSA) is 90.6 Å². The lowest BCUT2D eigenvalue weighted by atomic mass is 10.2. The maximum absolute atomic E-state index is 13.4. The number of thioether (sulfide) groups is 1. The molecule has 0 aliphatic carbocycles. The van der Waals surface area contributed by atoms with E-state index >= 15 is 0 Å². The highest BCUT2D eigenvalue weighted by molar-refractivity contribution is 8.13. The molecule has 0 bridgehead atoms. The molecule has 3 aromatic rings. The van der Waals surface area contributed by atoms with Gasteiger partial charge in [0.2, 0.25) is 0 Å². The largest absolute Gasteiger partial charge is 0.497 e. The van der Waals surface area contributed by atoms with E-state index in [2.05, 4.69) is 4.99 Å². The number of carbonyl (C=O) groups excluding carboxylic acids is 2. The lowest BCUT2D eigenvalue weighted by Crippen LogP contribution is -2.30. The zero-order valence-corrected chi connectivity index (χ0v) is 20.5. The highest BCUT2D eigenvalue weighted by atomic mass is 32.2. The zero-order valence-electron chi connectivity index (χ0n) is 19.7. The van der Waals surface area contributed by atoms with Crippen molar-refractivity contribution in [2.24, 2.45) is 4.99 Å². The number of benzene rings is 2. The van der Waals surface area contributed by atoms with Crippen LogP contribution in [0.2, 0.25) is 0 Å². The minimum absolute atomic E-state index is 0.262. The Morgan fingerprint density at radius 3 is 2.49 bits per heavy atom. The molecule has 35 heavy (non-hydrogen) atoms. The highest BCUT2D eigenvalue weighted by Gasteiger charge is 2.32. The quantitative estimate of drug-likeness (QED) is 0.336. The van der Waals surface area contributed by atoms with Crippen LogP contribution >= 0.6 is 11.8 Å². The van der Waals surface area contributed by atoms with Crippen LogP contribution in [0.4, 0.5) is 5.69 Å². The van der Waals surface area contributed by atoms with Gasteiger partial charge in [-0.05, 0) is 48.9 Å². The minimum atomic E-state index is -0.460. The molecule has 9 heteroatoms. The predicted molar refractivity (Wildman–Crippen MR) is 135 cm³/mol. The average molecular weight is 493 g/mol. The Labute approximate surface area is 207 Å². The van der Waals surface area contributed by atoms with Crippen LogP contribution < -0.4 is 14.4 Å². The Balaban J connectivity index is 1.65. The Hall–Kier alpha value is -3.98. The number of furan rings is 1. The van der Waals surface area contributed by atoms with E-state index in [4.69, 9.17) is 18.6 Å². The van der Waals surface area contributed by atoms with Gasteiger partial charge in [0.25, 0.3) is 5.91 Å². The second-order valence-corrected chi connectivity index (χ2v) is 8.44. The fourth-order valence-electron chi connectivity index (χ4n) is 3.49. The molecule has 1 aliphatic rings. The second-order valence-electron chi connectivity index (χ2n) is 7.50. The number of aliphatic imine (C=N–C) groups is 1. The highest BCUT2D eigenvalue weighted by Crippen LogP contribution is 2.33. The second kappa shape index (κ2) is 10.5. The van der Waals surface area contributed by atoms with Crippen LogP contribution in [0.1, 0.15) is 27.4 Å². The molecule has 0 atom stereocenters. The number of methoxy groups -OCH3 is 3. The monoisotopic (exact) mass is 492 g/mol. The van der Waals surface area contributed by atoms with E-state index in [-0.39, 0.29) is 5.91 Å². The maximum atomic E-state index is 13.4. The standard InChI is InChI=1S/C26H24N2O6S/c1-16-22(25(30)33-4)14-21(34-16)15-35-26-27-23(12-17-8-10-19(31-2)11-9-17)24(29)28(26)18-6-5-7-20(13-18)32-3/h5-14H,15H2,1-4H3/b23-12-. The number of rotatable bonds is 7. The molecule has 0 N–H and O–H groups in total. The van der Waals surface area contributed by atoms with Crippen LogP contribution in [0.25, 0.3) is 6.08 Å². The summed E-state index contributed by atoms with van der Waals surface area (Å²) < 4.78 is 21.1. The van der Waals surface area contributed by atoms with E-state index in [1.54, 1.807) is 44.3 Å². The van der Waals surface area contributed by atoms with E-state index in [1.165, 1.54) is 18.9 Å². The summed E-state index contributed by atoms with van der Waals surface area (Å²) in [6, 6.07) is 16.2. The lowest BCUT2D eigenvalue weighted by Gasteiger charge is -2.18. The van der Waals surface area contributed by atoms with Gasteiger partial charge in [-0.3, -0.25) is 9.69 Å². The van der Waals surface area contributed by atoms with Crippen molar-refractivity contribution in [3.05, 3.63) is 82.9 Å². The van der Waals surface area contributed by atoms with Crippen molar-refractivity contribution in [2.75, 3.05) is 26.2 Å². The molecule has 1 aliphatic heterocycles. The summed E-state index contributed by atoms with van der Waals surface area (Å²) in [5.41, 5.74) is 2.12. The number of aryl methyl sites for hydroxylation is 1. The number of ether oxygens (including phenoxy) is 3. The van der Waals surface area contributed by atoms with Crippen LogP contribution in [0.5, 0.6) is 11.5 Å². The van der Waals surface area contributed by atoms with Gasteiger partial charge in [-0.1, -0.05) is 30.0 Å². The third-order valence-electron chi connectivity index (χ3n) is 5.28. The number of amides is 1. The smallest absolute Gasteiger partial charge is 0.341 e. The summed E-state index contributed by atoms with van der Waals surface area (Å²) >= 11 is 1.33. The van der Waals surface area contributed by atoms with Gasteiger partial charge in [0.1, 0.15) is 34.3 Å². The van der Waals surface area contributed by atoms with Gasteiger partial charge in [-0.25, -0.2) is 9.79 Å². The Morgan fingerprint density at radius 1 is 1.06 bits per heavy atom. The normalized spacial score (nSPS) is 14.3. The maximum Gasteiger partial charge on any atom is 0.341 e. The average Bonchev–Trinajstić information content (AvgIpc) is 3.41. The van der Waals surface area contributed by atoms with E-state index in [9.17, 15) is 9.59 Å². The molecular weight excluding hydrogens is 468 g/mol. The molecule has 4 rings (SSSR count). The van der Waals surface area contributed by atoms with Crippen molar-refractivity contribution in [3.63, 3.8) is 0 Å². The predicted octanol–water partition coefficient (Wildman–Crippen LogP) is 5.07. The van der Waals surface area contributed by atoms with Crippen molar-refractivity contribution in [1.29, 1.82) is 0 Å². The van der Waals surface area contributed by atoms with Crippen molar-refractivity contribution in [1.82, 2.24) is 0 Å². The van der Waals surface area contributed by atoms with E-state index in [0.717, 1.165) is 11.3 Å². The number of carbonyl (C=O) groups is 2. The SMILES string of the molecule is COC(=O)c1cc(CSC2=N/C(=C\c3ccc(OC)cc3)C(=O)N2c2cccc(OC)c2)oc1C. The van der Waals surface area contributed by atoms with Gasteiger partial charge in [-0.15, -0.1) is 0 Å². The molecule has 1 amide bonds. The number of esters is 1. The van der Waals surface area contributed by atoms with Gasteiger partial charge in [0, 0.05) is 6.07 Å². The Morgan fingerprint density at radius 2 is 1.80 bits per heavy atom. The first-order valence-electron chi connectivity index (χ1n) is 10.7. The number of amidine groups is 1. The fraction of sp³-hybridized carbons (Fsp3) is 0.192. The molecule has 0 unspecified atom stereocenters. The third-order valence-corrected chi connectivity index (χ3v) is 6.24. The lowest BCUT2D eigenvalue weighted by molar-refractivity contribution is -0.113. The summed E-state index contributed by atoms with van der Waals surface area (Å²) in [6.45, 7) is 1.70. The zero-order chi connectivity index (χ0) is 24.9. The van der Waals surface area contributed by atoms with Crippen molar-refractivity contribution in [2.45, 2.75) is 12.7 Å². The first kappa shape index (κ1) is 24.2. The number of anilines is 1. The van der Waals surface area contributed by atoms with E-state index in [1.807, 2.05) is 42.5 Å². The molecule has 1 aromatic heterocycles. The third kappa shape index (κ3) is 5.25. The van der Waals surface area contributed by atoms with Crippen molar-refractivity contribution in [3.8, 4) is 11.5 Å². The Bertz CT molecular complexity index is 1310. The van der Waals surface area contributed by atoms with E-state index in [0.29, 0.717) is 45.1 Å². The van der Waals surface area contributed by atoms with E-state index < -0.39 is 5.97 Å². The summed E-state index contributed by atoms with van der Waals surface area (Å²) in [4.78, 5) is 31.5. The van der Waals surface area contributed by atoms with Crippen molar-refractivity contribution >= 4 is 40.6 Å². The first-order valence-corrected chi connectivity index (χ1v) is 11.7. The minimum Gasteiger partial charge on any atom is -0.497 e. The summed E-state index contributed by atoms with van der Waals surface area (Å²) in [7, 11) is 4.50. The van der Waals surface area contributed by atoms with Gasteiger partial charge in [-0.2, -0.15) is 0 Å². The fourth-order valence-corrected chi connectivity index (χ4v) is 4.39. The van der Waals surface area contributed by atoms with Crippen molar-refractivity contribution < 1.29 is 28.2 Å². The summed E-state index contributed by atoms with van der Waals surface area (Å²) in [6.07, 6.45) is 1.73. The van der Waals surface area contributed by atoms with Gasteiger partial charge in [0.05, 0.1) is 32.8 Å². The molecule has 2 heterocycles. The first-order chi connectivity index (χ1) is 16.9. The molecule has 0 radical (unpaired) electrons. The molecular formula is C26H24N2O6S. The van der Waals surface area contributed by atoms with Gasteiger partial charge in [0.15, 0.2) is 5.17 Å². The number of nitrogens with zero attached hydrogens (tertiary/aromatic N) is 2. The molecule has 0 fully saturated rings. The van der Waals surface area contributed by atoms with Gasteiger partial charge < -0.3 is 18.6 Å². The number of hydrogen-bond donors (Lipinski definition) is 0. The molecule has 180 valence electrons. The Kier molecular flexibility index (Phi) is 7.26. The van der Waals surface area contributed by atoms with Crippen LogP contribution in [-0.2, 0) is 15.3 Å². The molecule has 2 aromatic carbocycles. The van der Waals surface area contributed by atoms with Crippen LogP contribution in [-0.4, -0.2) is 38.4 Å². The van der Waals surface area contributed by atoms with Crippen LogP contribution in [0.3, 0.4) is 0 Å².